The first kappa shape index (κ1) is 10.1. The first-order chi connectivity index (χ1) is 7.20. The van der Waals surface area contributed by atoms with Crippen molar-refractivity contribution in [2.75, 3.05) is 0 Å². The first-order valence-electron chi connectivity index (χ1n) is 5.29. The van der Waals surface area contributed by atoms with Crippen LogP contribution in [0.15, 0.2) is 18.5 Å². The zero-order valence-corrected chi connectivity index (χ0v) is 9.14. The Morgan fingerprint density at radius 1 is 1.53 bits per heavy atom. The van der Waals surface area contributed by atoms with Crippen molar-refractivity contribution in [3.8, 4) is 0 Å². The second kappa shape index (κ2) is 3.98. The Balaban J connectivity index is 2.43. The highest BCUT2D eigenvalue weighted by molar-refractivity contribution is 5.77. The number of aromatic nitrogens is 3. The molecule has 0 bridgehead atoms. The summed E-state index contributed by atoms with van der Waals surface area (Å²) in [6.45, 7) is 5.02. The number of hydrogen-bond donors (Lipinski definition) is 1. The van der Waals surface area contributed by atoms with Crippen LogP contribution in [0.25, 0.3) is 10.9 Å². The van der Waals surface area contributed by atoms with Crippen LogP contribution >= 0.6 is 0 Å². The second-order valence-corrected chi connectivity index (χ2v) is 3.85. The Bertz CT molecular complexity index is 459. The van der Waals surface area contributed by atoms with Gasteiger partial charge in [-0.05, 0) is 19.4 Å². The van der Waals surface area contributed by atoms with E-state index in [0.29, 0.717) is 0 Å². The van der Waals surface area contributed by atoms with Crippen LogP contribution in [0.3, 0.4) is 0 Å². The van der Waals surface area contributed by atoms with Crippen LogP contribution in [0.5, 0.6) is 0 Å². The lowest BCUT2D eigenvalue weighted by molar-refractivity contribution is 0.608. The van der Waals surface area contributed by atoms with E-state index in [1.807, 2.05) is 23.9 Å². The number of aryl methyl sites for hydroxylation is 1. The highest BCUT2D eigenvalue weighted by Crippen LogP contribution is 2.15. The maximum atomic E-state index is 5.78. The van der Waals surface area contributed by atoms with Gasteiger partial charge in [-0.2, -0.15) is 5.10 Å². The maximum absolute atomic E-state index is 5.78. The van der Waals surface area contributed by atoms with Gasteiger partial charge in [0.2, 0.25) is 0 Å². The van der Waals surface area contributed by atoms with Gasteiger partial charge in [-0.3, -0.25) is 9.67 Å². The number of rotatable bonds is 3. The van der Waals surface area contributed by atoms with Gasteiger partial charge in [0.15, 0.2) is 0 Å². The van der Waals surface area contributed by atoms with Gasteiger partial charge in [0, 0.05) is 24.2 Å². The van der Waals surface area contributed by atoms with Crippen LogP contribution in [0.2, 0.25) is 0 Å². The molecule has 15 heavy (non-hydrogen) atoms. The lowest BCUT2D eigenvalue weighted by atomic mass is 10.2. The summed E-state index contributed by atoms with van der Waals surface area (Å²) in [5, 5.41) is 5.53. The summed E-state index contributed by atoms with van der Waals surface area (Å²) in [6.07, 6.45) is 4.92. The van der Waals surface area contributed by atoms with Crippen molar-refractivity contribution in [2.45, 2.75) is 32.9 Å². The summed E-state index contributed by atoms with van der Waals surface area (Å²) < 4.78 is 1.96. The fourth-order valence-corrected chi connectivity index (χ4v) is 1.59. The zero-order valence-electron chi connectivity index (χ0n) is 9.14. The number of nitrogens with two attached hydrogens (primary N) is 1. The van der Waals surface area contributed by atoms with Crippen molar-refractivity contribution < 1.29 is 0 Å². The Kier molecular flexibility index (Phi) is 2.68. The van der Waals surface area contributed by atoms with Crippen molar-refractivity contribution in [3.63, 3.8) is 0 Å². The van der Waals surface area contributed by atoms with Crippen LogP contribution in [0.4, 0.5) is 0 Å². The fraction of sp³-hybridized carbons (Fsp3) is 0.455. The van der Waals surface area contributed by atoms with Crippen LogP contribution < -0.4 is 5.73 Å². The topological polar surface area (TPSA) is 56.7 Å². The van der Waals surface area contributed by atoms with E-state index in [4.69, 9.17) is 5.73 Å². The molecule has 2 heterocycles. The Morgan fingerprint density at radius 2 is 2.33 bits per heavy atom. The zero-order chi connectivity index (χ0) is 10.8. The molecule has 1 unspecified atom stereocenters. The van der Waals surface area contributed by atoms with E-state index in [1.54, 1.807) is 6.20 Å². The number of nitrogens with zero attached hydrogens (tertiary/aromatic N) is 3. The van der Waals surface area contributed by atoms with Crippen LogP contribution in [-0.4, -0.2) is 14.8 Å². The normalized spacial score (nSPS) is 13.3. The molecule has 2 rings (SSSR count). The minimum atomic E-state index is -0.0241. The predicted molar refractivity (Wildman–Crippen MR) is 60.4 cm³/mol. The monoisotopic (exact) mass is 204 g/mol. The Hall–Kier alpha value is -1.42. The van der Waals surface area contributed by atoms with E-state index in [1.165, 1.54) is 0 Å². The van der Waals surface area contributed by atoms with E-state index in [9.17, 15) is 0 Å². The van der Waals surface area contributed by atoms with Gasteiger partial charge in [-0.1, -0.05) is 6.92 Å². The molecule has 2 aromatic rings. The summed E-state index contributed by atoms with van der Waals surface area (Å²) in [4.78, 5) is 4.28. The van der Waals surface area contributed by atoms with Crippen molar-refractivity contribution in [1.29, 1.82) is 0 Å². The lowest BCUT2D eigenvalue weighted by Gasteiger charge is -2.02. The summed E-state index contributed by atoms with van der Waals surface area (Å²) in [5.41, 5.74) is 7.63. The molecule has 0 radical (unpaired) electrons. The quantitative estimate of drug-likeness (QED) is 0.830. The molecule has 0 aliphatic heterocycles. The molecule has 0 saturated carbocycles. The van der Waals surface area contributed by atoms with E-state index in [2.05, 4.69) is 17.0 Å². The molecule has 2 aromatic heterocycles. The average molecular weight is 204 g/mol. The molecule has 0 fully saturated rings. The number of fused-ring (bicyclic) bond motifs is 1. The van der Waals surface area contributed by atoms with Gasteiger partial charge in [-0.25, -0.2) is 0 Å². The first-order valence-corrected chi connectivity index (χ1v) is 5.29. The third kappa shape index (κ3) is 1.99. The van der Waals surface area contributed by atoms with Gasteiger partial charge < -0.3 is 5.73 Å². The van der Waals surface area contributed by atoms with Crippen molar-refractivity contribution in [3.05, 3.63) is 24.2 Å². The molecule has 2 N–H and O–H groups in total. The second-order valence-electron chi connectivity index (χ2n) is 3.85. The smallest absolute Gasteiger partial charge is 0.111 e. The largest absolute Gasteiger partial charge is 0.323 e. The van der Waals surface area contributed by atoms with Crippen molar-refractivity contribution >= 4 is 10.9 Å². The van der Waals surface area contributed by atoms with Gasteiger partial charge in [0.05, 0.1) is 11.9 Å². The van der Waals surface area contributed by atoms with Crippen LogP contribution in [0, 0.1) is 0 Å². The highest BCUT2D eigenvalue weighted by Gasteiger charge is 2.05. The average Bonchev–Trinajstić information content (AvgIpc) is 2.59. The molecule has 4 heteroatoms. The molecule has 0 amide bonds. The molecular formula is C11H16N4. The van der Waals surface area contributed by atoms with E-state index >= 15 is 0 Å². The predicted octanol–water partition coefficient (Wildman–Crippen LogP) is 1.86. The highest BCUT2D eigenvalue weighted by atomic mass is 15.3. The lowest BCUT2D eigenvalue weighted by Crippen LogP contribution is -2.06. The molecule has 0 spiro atoms. The SMILES string of the molecule is CCCn1cc2cc(C(C)N)ncc2n1. The van der Waals surface area contributed by atoms with E-state index in [0.717, 1.165) is 29.6 Å². The summed E-state index contributed by atoms with van der Waals surface area (Å²) in [6, 6.07) is 1.99. The van der Waals surface area contributed by atoms with Gasteiger partial charge in [0.1, 0.15) is 5.52 Å². The molecule has 0 aliphatic carbocycles. The Morgan fingerprint density at radius 3 is 3.00 bits per heavy atom. The molecule has 0 aliphatic rings. The van der Waals surface area contributed by atoms with Crippen LogP contribution in [0.1, 0.15) is 32.0 Å². The van der Waals surface area contributed by atoms with Crippen molar-refractivity contribution in [1.82, 2.24) is 14.8 Å². The molecule has 80 valence electrons. The van der Waals surface area contributed by atoms with E-state index in [-0.39, 0.29) is 6.04 Å². The standard InChI is InChI=1S/C11H16N4/c1-3-4-15-7-9-5-10(8(2)12)13-6-11(9)14-15/h5-8H,3-4,12H2,1-2H3. The van der Waals surface area contributed by atoms with Gasteiger partial charge in [-0.15, -0.1) is 0 Å². The van der Waals surface area contributed by atoms with Crippen molar-refractivity contribution in [2.24, 2.45) is 5.73 Å². The summed E-state index contributed by atoms with van der Waals surface area (Å²) in [5.74, 6) is 0. The minimum absolute atomic E-state index is 0.0241. The molecule has 4 nitrogen and oxygen atoms in total. The Labute approximate surface area is 89.1 Å². The van der Waals surface area contributed by atoms with Gasteiger partial charge >= 0.3 is 0 Å². The molecule has 1 atom stereocenters. The van der Waals surface area contributed by atoms with E-state index < -0.39 is 0 Å². The third-order valence-electron chi connectivity index (χ3n) is 2.38. The number of pyridine rings is 1. The summed E-state index contributed by atoms with van der Waals surface area (Å²) >= 11 is 0. The van der Waals surface area contributed by atoms with Gasteiger partial charge in [0.25, 0.3) is 0 Å². The fourth-order valence-electron chi connectivity index (χ4n) is 1.59. The third-order valence-corrected chi connectivity index (χ3v) is 2.38. The number of hydrogen-bond acceptors (Lipinski definition) is 3. The van der Waals surface area contributed by atoms with Crippen LogP contribution in [-0.2, 0) is 6.54 Å². The minimum Gasteiger partial charge on any atom is -0.323 e. The maximum Gasteiger partial charge on any atom is 0.111 e. The molecule has 0 saturated heterocycles. The summed E-state index contributed by atoms with van der Waals surface area (Å²) in [7, 11) is 0. The molecular weight excluding hydrogens is 188 g/mol. The molecule has 0 aromatic carbocycles.